The molecule has 0 saturated carbocycles. The monoisotopic (exact) mass is 231 g/mol. The third-order valence-electron chi connectivity index (χ3n) is 1.75. The molecule has 0 aromatic heterocycles. The summed E-state index contributed by atoms with van der Waals surface area (Å²) in [7, 11) is 0. The normalized spacial score (nSPS) is 9.08. The van der Waals surface area contributed by atoms with E-state index < -0.39 is 0 Å². The molecule has 0 spiro atoms. The molecule has 1 radical (unpaired) electrons. The molecule has 13 heavy (non-hydrogen) atoms. The van der Waals surface area contributed by atoms with Gasteiger partial charge in [0.25, 0.3) is 0 Å². The molecular formula is C10H20CoO2. The Kier molecular flexibility index (Phi) is 14.2. The first-order chi connectivity index (χ1) is 5.81. The Morgan fingerprint density at radius 3 is 2.23 bits per heavy atom. The van der Waals surface area contributed by atoms with E-state index in [1.165, 1.54) is 0 Å². The number of carbonyl (C=O) groups excluding carboxylic acids is 1. The molecule has 0 aromatic rings. The van der Waals surface area contributed by atoms with Crippen molar-refractivity contribution in [2.45, 2.75) is 52.4 Å². The molecule has 0 aromatic carbocycles. The predicted molar refractivity (Wildman–Crippen MR) is 50.0 cm³/mol. The number of hydrogen-bond donors (Lipinski definition) is 0. The minimum absolute atomic E-state index is 0. The summed E-state index contributed by atoms with van der Waals surface area (Å²) in [6, 6.07) is 0. The van der Waals surface area contributed by atoms with Crippen LogP contribution in [0, 0.1) is 0 Å². The van der Waals surface area contributed by atoms with Gasteiger partial charge in [-0.1, -0.05) is 33.1 Å². The average molecular weight is 231 g/mol. The van der Waals surface area contributed by atoms with E-state index in [0.717, 1.165) is 32.1 Å². The van der Waals surface area contributed by atoms with Crippen LogP contribution in [0.25, 0.3) is 0 Å². The van der Waals surface area contributed by atoms with Crippen molar-refractivity contribution in [3.05, 3.63) is 0 Å². The van der Waals surface area contributed by atoms with E-state index in [9.17, 15) is 4.79 Å². The molecule has 0 atom stereocenters. The zero-order valence-corrected chi connectivity index (χ0v) is 9.64. The molecule has 0 bridgehead atoms. The van der Waals surface area contributed by atoms with Crippen molar-refractivity contribution in [2.24, 2.45) is 0 Å². The van der Waals surface area contributed by atoms with Crippen molar-refractivity contribution in [3.8, 4) is 0 Å². The molecular weight excluding hydrogens is 211 g/mol. The van der Waals surface area contributed by atoms with E-state index in [-0.39, 0.29) is 22.7 Å². The van der Waals surface area contributed by atoms with Gasteiger partial charge in [-0.25, -0.2) is 0 Å². The van der Waals surface area contributed by atoms with Crippen LogP contribution in [0.1, 0.15) is 52.4 Å². The molecule has 0 aliphatic carbocycles. The SMILES string of the molecule is CCCCCC(=O)OCCCC.[Co]. The van der Waals surface area contributed by atoms with Gasteiger partial charge in [0.15, 0.2) is 0 Å². The van der Waals surface area contributed by atoms with Gasteiger partial charge >= 0.3 is 5.97 Å². The largest absolute Gasteiger partial charge is 0.466 e. The van der Waals surface area contributed by atoms with Crippen LogP contribution in [0.3, 0.4) is 0 Å². The van der Waals surface area contributed by atoms with Crippen molar-refractivity contribution in [3.63, 3.8) is 0 Å². The van der Waals surface area contributed by atoms with Gasteiger partial charge in [-0.2, -0.15) is 0 Å². The summed E-state index contributed by atoms with van der Waals surface area (Å²) in [6.07, 6.45) is 5.92. The molecule has 0 aliphatic rings. The summed E-state index contributed by atoms with van der Waals surface area (Å²) in [5, 5.41) is 0. The van der Waals surface area contributed by atoms with Gasteiger partial charge in [0, 0.05) is 23.2 Å². The van der Waals surface area contributed by atoms with E-state index in [2.05, 4.69) is 13.8 Å². The molecule has 0 amide bonds. The summed E-state index contributed by atoms with van der Waals surface area (Å²) in [5.41, 5.74) is 0. The minimum Gasteiger partial charge on any atom is -0.466 e. The second kappa shape index (κ2) is 12.0. The van der Waals surface area contributed by atoms with E-state index in [4.69, 9.17) is 4.74 Å². The second-order valence-corrected chi connectivity index (χ2v) is 3.03. The van der Waals surface area contributed by atoms with E-state index in [1.54, 1.807) is 0 Å². The Morgan fingerprint density at radius 2 is 1.69 bits per heavy atom. The second-order valence-electron chi connectivity index (χ2n) is 3.03. The molecule has 0 unspecified atom stereocenters. The molecule has 0 heterocycles. The fourth-order valence-corrected chi connectivity index (χ4v) is 0.922. The fraction of sp³-hybridized carbons (Fsp3) is 0.900. The first-order valence-corrected chi connectivity index (χ1v) is 4.96. The molecule has 2 nitrogen and oxygen atoms in total. The summed E-state index contributed by atoms with van der Waals surface area (Å²) in [5.74, 6) is -0.0306. The summed E-state index contributed by atoms with van der Waals surface area (Å²) >= 11 is 0. The number of ether oxygens (including phenoxy) is 1. The molecule has 3 heteroatoms. The van der Waals surface area contributed by atoms with Crippen LogP contribution < -0.4 is 0 Å². The van der Waals surface area contributed by atoms with Gasteiger partial charge in [-0.3, -0.25) is 4.79 Å². The molecule has 81 valence electrons. The van der Waals surface area contributed by atoms with Crippen LogP contribution in [0.2, 0.25) is 0 Å². The fourth-order valence-electron chi connectivity index (χ4n) is 0.922. The zero-order chi connectivity index (χ0) is 9.23. The topological polar surface area (TPSA) is 26.3 Å². The van der Waals surface area contributed by atoms with Gasteiger partial charge in [0.2, 0.25) is 0 Å². The number of hydrogen-bond acceptors (Lipinski definition) is 2. The van der Waals surface area contributed by atoms with Gasteiger partial charge < -0.3 is 4.74 Å². The predicted octanol–water partition coefficient (Wildman–Crippen LogP) is 2.91. The zero-order valence-electron chi connectivity index (χ0n) is 8.60. The van der Waals surface area contributed by atoms with E-state index >= 15 is 0 Å². The van der Waals surface area contributed by atoms with Crippen molar-refractivity contribution in [1.82, 2.24) is 0 Å². The van der Waals surface area contributed by atoms with Crippen molar-refractivity contribution < 1.29 is 26.3 Å². The number of rotatable bonds is 7. The maximum Gasteiger partial charge on any atom is 0.305 e. The van der Waals surface area contributed by atoms with Gasteiger partial charge in [0.1, 0.15) is 0 Å². The van der Waals surface area contributed by atoms with Crippen LogP contribution in [0.4, 0.5) is 0 Å². The van der Waals surface area contributed by atoms with Crippen LogP contribution in [-0.4, -0.2) is 12.6 Å². The summed E-state index contributed by atoms with van der Waals surface area (Å²) < 4.78 is 4.99. The van der Waals surface area contributed by atoms with Gasteiger partial charge in [-0.05, 0) is 12.8 Å². The number of unbranched alkanes of at least 4 members (excludes halogenated alkanes) is 3. The average Bonchev–Trinajstić information content (AvgIpc) is 2.06. The van der Waals surface area contributed by atoms with Gasteiger partial charge in [0.05, 0.1) is 6.61 Å². The van der Waals surface area contributed by atoms with Crippen LogP contribution in [-0.2, 0) is 26.3 Å². The number of carbonyl (C=O) groups is 1. The van der Waals surface area contributed by atoms with E-state index in [1.807, 2.05) is 0 Å². The molecule has 0 aliphatic heterocycles. The Bertz CT molecular complexity index is 103. The van der Waals surface area contributed by atoms with Crippen LogP contribution in [0.5, 0.6) is 0 Å². The first kappa shape index (κ1) is 15.4. The van der Waals surface area contributed by atoms with Crippen LogP contribution in [0.15, 0.2) is 0 Å². The maximum absolute atomic E-state index is 11.0. The molecule has 0 saturated heterocycles. The van der Waals surface area contributed by atoms with Crippen molar-refractivity contribution >= 4 is 5.97 Å². The van der Waals surface area contributed by atoms with Crippen molar-refractivity contribution in [2.75, 3.05) is 6.61 Å². The summed E-state index contributed by atoms with van der Waals surface area (Å²) in [4.78, 5) is 11.0. The maximum atomic E-state index is 11.0. The van der Waals surface area contributed by atoms with Gasteiger partial charge in [-0.15, -0.1) is 0 Å². The smallest absolute Gasteiger partial charge is 0.305 e. The molecule has 0 rings (SSSR count). The number of esters is 1. The first-order valence-electron chi connectivity index (χ1n) is 4.96. The van der Waals surface area contributed by atoms with Crippen molar-refractivity contribution in [1.29, 1.82) is 0 Å². The Labute approximate surface area is 91.6 Å². The Morgan fingerprint density at radius 1 is 1.08 bits per heavy atom. The van der Waals surface area contributed by atoms with E-state index in [0.29, 0.717) is 13.0 Å². The quantitative estimate of drug-likeness (QED) is 0.497. The minimum atomic E-state index is -0.0306. The van der Waals surface area contributed by atoms with Crippen LogP contribution >= 0.6 is 0 Å². The third kappa shape index (κ3) is 12.0. The Balaban J connectivity index is 0. The third-order valence-corrected chi connectivity index (χ3v) is 1.75. The Hall–Kier alpha value is -0.0235. The standard InChI is InChI=1S/C10H20O2.Co/c1-3-5-7-8-10(11)12-9-6-4-2;/h3-9H2,1-2H3;. The molecule has 0 N–H and O–H groups in total. The summed E-state index contributed by atoms with van der Waals surface area (Å²) in [6.45, 7) is 4.81. The molecule has 0 fully saturated rings.